The van der Waals surface area contributed by atoms with Crippen LogP contribution in [0.4, 0.5) is 9.18 Å². The van der Waals surface area contributed by atoms with Crippen molar-refractivity contribution in [1.82, 2.24) is 4.90 Å². The van der Waals surface area contributed by atoms with Crippen molar-refractivity contribution in [2.75, 3.05) is 13.1 Å². The van der Waals surface area contributed by atoms with E-state index in [0.717, 1.165) is 0 Å². The van der Waals surface area contributed by atoms with E-state index in [4.69, 9.17) is 4.74 Å². The SMILES string of the molecule is CCCC(=O)/C(F)=C1/CCCN(C(=O)OC(C)(C)C)C1. The van der Waals surface area contributed by atoms with Gasteiger partial charge < -0.3 is 9.64 Å². The van der Waals surface area contributed by atoms with Gasteiger partial charge >= 0.3 is 6.09 Å². The van der Waals surface area contributed by atoms with E-state index in [0.29, 0.717) is 31.4 Å². The second-order valence-corrected chi connectivity index (χ2v) is 6.10. The Morgan fingerprint density at radius 2 is 2.00 bits per heavy atom. The van der Waals surface area contributed by atoms with Gasteiger partial charge in [-0.05, 0) is 45.6 Å². The molecule has 5 heteroatoms. The molecule has 114 valence electrons. The number of carbonyl (C=O) groups is 2. The molecule has 0 aromatic heterocycles. The maximum atomic E-state index is 14.0. The number of ether oxygens (including phenoxy) is 1. The van der Waals surface area contributed by atoms with E-state index in [2.05, 4.69) is 0 Å². The minimum Gasteiger partial charge on any atom is -0.444 e. The van der Waals surface area contributed by atoms with Crippen LogP contribution in [0.5, 0.6) is 0 Å². The maximum Gasteiger partial charge on any atom is 0.410 e. The molecule has 0 unspecified atom stereocenters. The number of nitrogens with zero attached hydrogens (tertiary/aromatic N) is 1. The van der Waals surface area contributed by atoms with Crippen LogP contribution in [0.1, 0.15) is 53.4 Å². The first-order valence-electron chi connectivity index (χ1n) is 7.13. The molecule has 1 heterocycles. The lowest BCUT2D eigenvalue weighted by Gasteiger charge is -2.31. The third-order valence-corrected chi connectivity index (χ3v) is 2.97. The van der Waals surface area contributed by atoms with Gasteiger partial charge in [0.2, 0.25) is 0 Å². The summed E-state index contributed by atoms with van der Waals surface area (Å²) in [4.78, 5) is 25.0. The molecule has 0 radical (unpaired) electrons. The minimum atomic E-state index is -0.667. The molecule has 0 aliphatic carbocycles. The Labute approximate surface area is 120 Å². The highest BCUT2D eigenvalue weighted by molar-refractivity contribution is 5.94. The van der Waals surface area contributed by atoms with E-state index < -0.39 is 23.3 Å². The Bertz CT molecular complexity index is 410. The number of halogens is 1. The van der Waals surface area contributed by atoms with Gasteiger partial charge in [0.15, 0.2) is 11.6 Å². The van der Waals surface area contributed by atoms with Crippen molar-refractivity contribution in [1.29, 1.82) is 0 Å². The van der Waals surface area contributed by atoms with Crippen LogP contribution in [-0.4, -0.2) is 35.5 Å². The van der Waals surface area contributed by atoms with Crippen molar-refractivity contribution in [2.24, 2.45) is 0 Å². The molecule has 1 saturated heterocycles. The van der Waals surface area contributed by atoms with Gasteiger partial charge in [0.1, 0.15) is 5.60 Å². The van der Waals surface area contributed by atoms with Gasteiger partial charge in [-0.1, -0.05) is 6.92 Å². The zero-order valence-electron chi connectivity index (χ0n) is 12.8. The van der Waals surface area contributed by atoms with Gasteiger partial charge in [0, 0.05) is 19.5 Å². The first kappa shape index (κ1) is 16.7. The molecule has 0 aromatic rings. The Balaban J connectivity index is 2.74. The van der Waals surface area contributed by atoms with E-state index in [-0.39, 0.29) is 13.0 Å². The highest BCUT2D eigenvalue weighted by Gasteiger charge is 2.27. The fraction of sp³-hybridized carbons (Fsp3) is 0.733. The molecule has 20 heavy (non-hydrogen) atoms. The molecule has 1 aliphatic heterocycles. The van der Waals surface area contributed by atoms with Gasteiger partial charge in [-0.2, -0.15) is 0 Å². The Morgan fingerprint density at radius 1 is 1.35 bits per heavy atom. The Hall–Kier alpha value is -1.39. The smallest absolute Gasteiger partial charge is 0.410 e. The summed E-state index contributed by atoms with van der Waals surface area (Å²) in [5.41, 5.74) is -0.157. The number of carbonyl (C=O) groups excluding carboxylic acids is 2. The zero-order chi connectivity index (χ0) is 15.3. The molecule has 4 nitrogen and oxygen atoms in total. The summed E-state index contributed by atoms with van der Waals surface area (Å²) < 4.78 is 19.3. The molecule has 0 aromatic carbocycles. The van der Waals surface area contributed by atoms with Crippen LogP contribution in [0.15, 0.2) is 11.4 Å². The second-order valence-electron chi connectivity index (χ2n) is 6.10. The molecular weight excluding hydrogens is 261 g/mol. The summed E-state index contributed by atoms with van der Waals surface area (Å²) >= 11 is 0. The molecule has 0 saturated carbocycles. The largest absolute Gasteiger partial charge is 0.444 e. The lowest BCUT2D eigenvalue weighted by Crippen LogP contribution is -2.41. The van der Waals surface area contributed by atoms with Crippen molar-refractivity contribution in [3.8, 4) is 0 Å². The molecule has 1 aliphatic rings. The number of rotatable bonds is 3. The number of ketones is 1. The summed E-state index contributed by atoms with van der Waals surface area (Å²) in [5, 5.41) is 0. The molecule has 0 bridgehead atoms. The van der Waals surface area contributed by atoms with E-state index in [9.17, 15) is 14.0 Å². The van der Waals surface area contributed by atoms with Gasteiger partial charge in [-0.15, -0.1) is 0 Å². The third kappa shape index (κ3) is 4.94. The lowest BCUT2D eigenvalue weighted by atomic mass is 10.0. The predicted molar refractivity (Wildman–Crippen MR) is 75.1 cm³/mol. The molecular formula is C15H24FNO3. The van der Waals surface area contributed by atoms with E-state index in [1.165, 1.54) is 4.90 Å². The van der Waals surface area contributed by atoms with Crippen LogP contribution in [0.3, 0.4) is 0 Å². The minimum absolute atomic E-state index is 0.149. The number of hydrogen-bond acceptors (Lipinski definition) is 3. The molecule has 1 rings (SSSR count). The number of allylic oxidation sites excluding steroid dienone is 1. The summed E-state index contributed by atoms with van der Waals surface area (Å²) in [6.07, 6.45) is 1.56. The Kier molecular flexibility index (Phi) is 5.72. The topological polar surface area (TPSA) is 46.6 Å². The molecule has 0 atom stereocenters. The number of likely N-dealkylation sites (tertiary alicyclic amines) is 1. The van der Waals surface area contributed by atoms with Crippen molar-refractivity contribution in [3.05, 3.63) is 11.4 Å². The maximum absolute atomic E-state index is 14.0. The highest BCUT2D eigenvalue weighted by Crippen LogP contribution is 2.23. The number of Topliss-reactive ketones (excluding diaryl/α,β-unsaturated/α-hetero) is 1. The van der Waals surface area contributed by atoms with Crippen molar-refractivity contribution < 1.29 is 18.7 Å². The fourth-order valence-corrected chi connectivity index (χ4v) is 2.07. The Morgan fingerprint density at radius 3 is 2.55 bits per heavy atom. The zero-order valence-corrected chi connectivity index (χ0v) is 12.8. The van der Waals surface area contributed by atoms with Crippen LogP contribution in [0.2, 0.25) is 0 Å². The third-order valence-electron chi connectivity index (χ3n) is 2.97. The van der Waals surface area contributed by atoms with E-state index in [1.54, 1.807) is 20.8 Å². The van der Waals surface area contributed by atoms with Gasteiger partial charge in [0.05, 0.1) is 0 Å². The van der Waals surface area contributed by atoms with Crippen molar-refractivity contribution in [3.63, 3.8) is 0 Å². The van der Waals surface area contributed by atoms with Crippen molar-refractivity contribution in [2.45, 2.75) is 59.0 Å². The summed E-state index contributed by atoms with van der Waals surface area (Å²) in [7, 11) is 0. The van der Waals surface area contributed by atoms with Crippen LogP contribution < -0.4 is 0 Å². The normalized spacial score (nSPS) is 18.8. The summed E-state index contributed by atoms with van der Waals surface area (Å²) in [5.74, 6) is -1.13. The predicted octanol–water partition coefficient (Wildman–Crippen LogP) is 3.61. The first-order chi connectivity index (χ1) is 9.24. The average Bonchev–Trinajstić information content (AvgIpc) is 2.36. The second kappa shape index (κ2) is 6.86. The van der Waals surface area contributed by atoms with Crippen LogP contribution in [0, 0.1) is 0 Å². The number of piperidine rings is 1. The first-order valence-corrected chi connectivity index (χ1v) is 7.13. The molecule has 1 amide bonds. The number of amides is 1. The average molecular weight is 285 g/mol. The van der Waals surface area contributed by atoms with Gasteiger partial charge in [-0.3, -0.25) is 4.79 Å². The standard InChI is InChI=1S/C15H24FNO3/c1-5-7-12(18)13(16)11-8-6-9-17(10-11)14(19)20-15(2,3)4/h5-10H2,1-4H3/b13-11+. The van der Waals surface area contributed by atoms with E-state index in [1.807, 2.05) is 6.92 Å². The summed E-state index contributed by atoms with van der Waals surface area (Å²) in [6.45, 7) is 7.89. The quantitative estimate of drug-likeness (QED) is 0.744. The fourth-order valence-electron chi connectivity index (χ4n) is 2.07. The van der Waals surface area contributed by atoms with Crippen LogP contribution >= 0.6 is 0 Å². The molecule has 0 spiro atoms. The van der Waals surface area contributed by atoms with Crippen LogP contribution in [-0.2, 0) is 9.53 Å². The number of hydrogen-bond donors (Lipinski definition) is 0. The molecule has 0 N–H and O–H groups in total. The van der Waals surface area contributed by atoms with Gasteiger partial charge in [0.25, 0.3) is 0 Å². The molecule has 1 fully saturated rings. The summed E-state index contributed by atoms with van der Waals surface area (Å²) in [6, 6.07) is 0. The van der Waals surface area contributed by atoms with Crippen molar-refractivity contribution >= 4 is 11.9 Å². The van der Waals surface area contributed by atoms with Crippen LogP contribution in [0.25, 0.3) is 0 Å². The monoisotopic (exact) mass is 285 g/mol. The van der Waals surface area contributed by atoms with E-state index >= 15 is 0 Å². The van der Waals surface area contributed by atoms with Gasteiger partial charge in [-0.25, -0.2) is 9.18 Å². The lowest BCUT2D eigenvalue weighted by molar-refractivity contribution is -0.117. The highest BCUT2D eigenvalue weighted by atomic mass is 19.1.